The van der Waals surface area contributed by atoms with Crippen LogP contribution in [-0.4, -0.2) is 11.1 Å². The first-order valence-electron chi connectivity index (χ1n) is 5.22. The summed E-state index contributed by atoms with van der Waals surface area (Å²) in [7, 11) is 0. The van der Waals surface area contributed by atoms with Gasteiger partial charge in [-0.25, -0.2) is 10.2 Å². The van der Waals surface area contributed by atoms with E-state index in [9.17, 15) is 4.79 Å². The van der Waals surface area contributed by atoms with Crippen molar-refractivity contribution in [3.8, 4) is 0 Å². The minimum Gasteiger partial charge on any atom is -0.350 e. The summed E-state index contributed by atoms with van der Waals surface area (Å²) in [5.41, 5.74) is 11.7. The lowest BCUT2D eigenvalue weighted by molar-refractivity contribution is 0.247. The van der Waals surface area contributed by atoms with Crippen LogP contribution in [0, 0.1) is 0 Å². The largest absolute Gasteiger partial charge is 0.350 e. The number of nitrogens with two attached hydrogens (primary N) is 1. The highest BCUT2D eigenvalue weighted by molar-refractivity contribution is 7.80. The SMILES string of the molecule is CC(C)c1ccccc1NC(=S)NNC(N)=O. The highest BCUT2D eigenvalue weighted by atomic mass is 32.1. The number of carbonyl (C=O) groups is 1. The summed E-state index contributed by atoms with van der Waals surface area (Å²) in [6, 6.07) is 7.15. The van der Waals surface area contributed by atoms with E-state index in [0.29, 0.717) is 5.92 Å². The van der Waals surface area contributed by atoms with E-state index in [0.717, 1.165) is 11.3 Å². The van der Waals surface area contributed by atoms with Crippen LogP contribution in [0.2, 0.25) is 0 Å². The highest BCUT2D eigenvalue weighted by Crippen LogP contribution is 2.23. The maximum absolute atomic E-state index is 10.5. The van der Waals surface area contributed by atoms with Crippen molar-refractivity contribution in [2.45, 2.75) is 19.8 Å². The van der Waals surface area contributed by atoms with E-state index < -0.39 is 6.03 Å². The Morgan fingerprint density at radius 1 is 1.29 bits per heavy atom. The van der Waals surface area contributed by atoms with Crippen LogP contribution in [0.15, 0.2) is 24.3 Å². The molecule has 0 aliphatic rings. The van der Waals surface area contributed by atoms with Gasteiger partial charge in [-0.1, -0.05) is 32.0 Å². The van der Waals surface area contributed by atoms with Crippen molar-refractivity contribution in [1.82, 2.24) is 10.9 Å². The molecule has 17 heavy (non-hydrogen) atoms. The zero-order valence-corrected chi connectivity index (χ0v) is 10.6. The normalized spacial score (nSPS) is 9.82. The number of carbonyl (C=O) groups excluding carboxylic acids is 1. The smallest absolute Gasteiger partial charge is 0.330 e. The Morgan fingerprint density at radius 2 is 1.94 bits per heavy atom. The van der Waals surface area contributed by atoms with Crippen LogP contribution in [0.5, 0.6) is 0 Å². The molecule has 6 heteroatoms. The molecule has 0 aromatic heterocycles. The van der Waals surface area contributed by atoms with E-state index in [-0.39, 0.29) is 5.11 Å². The van der Waals surface area contributed by atoms with E-state index in [2.05, 4.69) is 30.0 Å². The maximum atomic E-state index is 10.5. The van der Waals surface area contributed by atoms with Crippen LogP contribution in [0.25, 0.3) is 0 Å². The fourth-order valence-electron chi connectivity index (χ4n) is 1.39. The zero-order chi connectivity index (χ0) is 12.8. The van der Waals surface area contributed by atoms with E-state index in [4.69, 9.17) is 18.0 Å². The Kier molecular flexibility index (Phi) is 4.71. The molecule has 2 amide bonds. The van der Waals surface area contributed by atoms with Gasteiger partial charge in [0.25, 0.3) is 0 Å². The minimum absolute atomic E-state index is 0.289. The van der Waals surface area contributed by atoms with Gasteiger partial charge in [-0.2, -0.15) is 0 Å². The van der Waals surface area contributed by atoms with Crippen molar-refractivity contribution in [2.75, 3.05) is 5.32 Å². The summed E-state index contributed by atoms with van der Waals surface area (Å²) in [5.74, 6) is 0.380. The summed E-state index contributed by atoms with van der Waals surface area (Å²) < 4.78 is 0. The molecule has 0 aliphatic carbocycles. The number of para-hydroxylation sites is 1. The zero-order valence-electron chi connectivity index (χ0n) is 9.78. The number of primary amides is 1. The monoisotopic (exact) mass is 252 g/mol. The van der Waals surface area contributed by atoms with Gasteiger partial charge >= 0.3 is 6.03 Å². The number of hydrazine groups is 1. The van der Waals surface area contributed by atoms with E-state index in [1.54, 1.807) is 0 Å². The summed E-state index contributed by atoms with van der Waals surface area (Å²) in [6.07, 6.45) is 0. The quantitative estimate of drug-likeness (QED) is 0.477. The fraction of sp³-hybridized carbons (Fsp3) is 0.273. The Labute approximate surface area is 106 Å². The van der Waals surface area contributed by atoms with Gasteiger partial charge in [0, 0.05) is 5.69 Å². The lowest BCUT2D eigenvalue weighted by atomic mass is 10.0. The molecule has 0 heterocycles. The standard InChI is InChI=1S/C11H16N4OS/c1-7(2)8-5-3-4-6-9(8)13-11(17)15-14-10(12)16/h3-7H,1-2H3,(H3,12,14,16)(H2,13,15,17). The molecule has 1 aromatic carbocycles. The number of anilines is 1. The Morgan fingerprint density at radius 3 is 2.53 bits per heavy atom. The van der Waals surface area contributed by atoms with Crippen molar-refractivity contribution < 1.29 is 4.79 Å². The second-order valence-electron chi connectivity index (χ2n) is 3.81. The second-order valence-corrected chi connectivity index (χ2v) is 4.22. The number of hydrogen-bond acceptors (Lipinski definition) is 2. The Bertz CT molecular complexity index is 420. The van der Waals surface area contributed by atoms with Crippen LogP contribution in [0.1, 0.15) is 25.3 Å². The number of nitrogens with one attached hydrogen (secondary N) is 3. The number of rotatable bonds is 2. The maximum Gasteiger partial charge on any atom is 0.330 e. The molecule has 5 nitrogen and oxygen atoms in total. The van der Waals surface area contributed by atoms with E-state index in [1.165, 1.54) is 0 Å². The molecular formula is C11H16N4OS. The molecule has 0 bridgehead atoms. The van der Waals surface area contributed by atoms with Gasteiger partial charge in [-0.15, -0.1) is 0 Å². The van der Waals surface area contributed by atoms with Gasteiger partial charge in [-0.3, -0.25) is 5.43 Å². The van der Waals surface area contributed by atoms with Crippen LogP contribution in [0.4, 0.5) is 10.5 Å². The van der Waals surface area contributed by atoms with Crippen LogP contribution in [0.3, 0.4) is 0 Å². The third-order valence-electron chi connectivity index (χ3n) is 2.13. The minimum atomic E-state index is -0.689. The van der Waals surface area contributed by atoms with Gasteiger partial charge < -0.3 is 11.1 Å². The van der Waals surface area contributed by atoms with Crippen LogP contribution >= 0.6 is 12.2 Å². The molecule has 0 atom stereocenters. The molecule has 5 N–H and O–H groups in total. The summed E-state index contributed by atoms with van der Waals surface area (Å²) >= 11 is 5.01. The molecule has 0 saturated heterocycles. The lowest BCUT2D eigenvalue weighted by Gasteiger charge is -2.15. The summed E-state index contributed by atoms with van der Waals surface area (Å²) in [6.45, 7) is 4.19. The third-order valence-corrected chi connectivity index (χ3v) is 2.33. The topological polar surface area (TPSA) is 79.2 Å². The predicted molar refractivity (Wildman–Crippen MR) is 72.6 cm³/mol. The van der Waals surface area contributed by atoms with Crippen LogP contribution in [-0.2, 0) is 0 Å². The van der Waals surface area contributed by atoms with Crippen LogP contribution < -0.4 is 21.9 Å². The number of urea groups is 1. The van der Waals surface area contributed by atoms with Crippen molar-refractivity contribution >= 4 is 29.0 Å². The van der Waals surface area contributed by atoms with E-state index >= 15 is 0 Å². The molecule has 0 fully saturated rings. The van der Waals surface area contributed by atoms with Crippen molar-refractivity contribution in [3.63, 3.8) is 0 Å². The average Bonchev–Trinajstić information content (AvgIpc) is 2.27. The first-order chi connectivity index (χ1) is 8.00. The van der Waals surface area contributed by atoms with E-state index in [1.807, 2.05) is 24.3 Å². The fourth-order valence-corrected chi connectivity index (χ4v) is 1.55. The third kappa shape index (κ3) is 4.28. The van der Waals surface area contributed by atoms with Gasteiger partial charge in [0.1, 0.15) is 0 Å². The van der Waals surface area contributed by atoms with Gasteiger partial charge in [0.2, 0.25) is 0 Å². The number of hydrogen-bond donors (Lipinski definition) is 4. The van der Waals surface area contributed by atoms with Gasteiger partial charge in [0.15, 0.2) is 5.11 Å². The molecule has 1 aromatic rings. The first-order valence-corrected chi connectivity index (χ1v) is 5.63. The summed E-state index contributed by atoms with van der Waals surface area (Å²) in [4.78, 5) is 10.5. The van der Waals surface area contributed by atoms with Crippen molar-refractivity contribution in [3.05, 3.63) is 29.8 Å². The molecule has 0 saturated carbocycles. The number of benzene rings is 1. The van der Waals surface area contributed by atoms with Crippen molar-refractivity contribution in [1.29, 1.82) is 0 Å². The number of thiocarbonyl (C=S) groups is 1. The molecular weight excluding hydrogens is 236 g/mol. The lowest BCUT2D eigenvalue weighted by Crippen LogP contribution is -2.46. The van der Waals surface area contributed by atoms with Gasteiger partial charge in [-0.05, 0) is 29.8 Å². The van der Waals surface area contributed by atoms with Gasteiger partial charge in [0.05, 0.1) is 0 Å². The molecule has 92 valence electrons. The Balaban J connectivity index is 2.68. The Hall–Kier alpha value is -1.82. The molecule has 1 rings (SSSR count). The summed E-state index contributed by atoms with van der Waals surface area (Å²) in [5, 5.41) is 3.29. The average molecular weight is 252 g/mol. The molecule has 0 aliphatic heterocycles. The molecule has 0 unspecified atom stereocenters. The number of amides is 2. The highest BCUT2D eigenvalue weighted by Gasteiger charge is 2.06. The second kappa shape index (κ2) is 6.05. The molecule has 0 radical (unpaired) electrons. The predicted octanol–water partition coefficient (Wildman–Crippen LogP) is 1.68. The first kappa shape index (κ1) is 13.2. The molecule has 0 spiro atoms. The van der Waals surface area contributed by atoms with Crippen molar-refractivity contribution in [2.24, 2.45) is 5.73 Å².